The number of hydrogen-bond acceptors (Lipinski definition) is 5. The SMILES string of the molecule is NC/C(N)=C/NCCCNCCCNC1CCCCC1. The summed E-state index contributed by atoms with van der Waals surface area (Å²) >= 11 is 0. The second-order valence-electron chi connectivity index (χ2n) is 5.62. The van der Waals surface area contributed by atoms with Gasteiger partial charge >= 0.3 is 0 Å². The molecular formula is C15H33N5. The van der Waals surface area contributed by atoms with Crippen molar-refractivity contribution in [3.05, 3.63) is 11.9 Å². The zero-order valence-electron chi connectivity index (χ0n) is 12.8. The first-order chi connectivity index (χ1) is 9.83. The molecule has 20 heavy (non-hydrogen) atoms. The van der Waals surface area contributed by atoms with Gasteiger partial charge in [-0.15, -0.1) is 0 Å². The lowest BCUT2D eigenvalue weighted by Crippen LogP contribution is -2.33. The van der Waals surface area contributed by atoms with Gasteiger partial charge in [0.15, 0.2) is 0 Å². The minimum absolute atomic E-state index is 0.416. The van der Waals surface area contributed by atoms with Crippen molar-refractivity contribution in [1.29, 1.82) is 0 Å². The van der Waals surface area contributed by atoms with Crippen molar-refractivity contribution in [3.63, 3.8) is 0 Å². The molecule has 0 aromatic rings. The highest BCUT2D eigenvalue weighted by atomic mass is 14.9. The minimum Gasteiger partial charge on any atom is -0.400 e. The molecule has 0 spiro atoms. The van der Waals surface area contributed by atoms with Gasteiger partial charge in [0, 0.05) is 31.0 Å². The molecule has 1 aliphatic rings. The van der Waals surface area contributed by atoms with E-state index in [1.165, 1.54) is 38.5 Å². The fraction of sp³-hybridized carbons (Fsp3) is 0.867. The molecule has 0 saturated heterocycles. The molecule has 1 saturated carbocycles. The highest BCUT2D eigenvalue weighted by molar-refractivity contribution is 4.95. The van der Waals surface area contributed by atoms with Crippen molar-refractivity contribution < 1.29 is 0 Å². The van der Waals surface area contributed by atoms with Crippen LogP contribution in [0.5, 0.6) is 0 Å². The monoisotopic (exact) mass is 283 g/mol. The van der Waals surface area contributed by atoms with Gasteiger partial charge in [-0.3, -0.25) is 0 Å². The van der Waals surface area contributed by atoms with Crippen LogP contribution in [0.25, 0.3) is 0 Å². The van der Waals surface area contributed by atoms with Crippen LogP contribution in [0.3, 0.4) is 0 Å². The van der Waals surface area contributed by atoms with E-state index < -0.39 is 0 Å². The molecule has 7 N–H and O–H groups in total. The summed E-state index contributed by atoms with van der Waals surface area (Å²) in [7, 11) is 0. The predicted molar refractivity (Wildman–Crippen MR) is 86.3 cm³/mol. The van der Waals surface area contributed by atoms with Gasteiger partial charge < -0.3 is 27.4 Å². The molecule has 0 radical (unpaired) electrons. The summed E-state index contributed by atoms with van der Waals surface area (Å²) in [6.07, 6.45) is 11.1. The molecule has 118 valence electrons. The van der Waals surface area contributed by atoms with Crippen molar-refractivity contribution in [1.82, 2.24) is 16.0 Å². The fourth-order valence-corrected chi connectivity index (χ4v) is 2.53. The van der Waals surface area contributed by atoms with E-state index in [4.69, 9.17) is 11.5 Å². The average molecular weight is 283 g/mol. The molecule has 0 aromatic carbocycles. The maximum atomic E-state index is 5.58. The molecule has 5 heteroatoms. The molecule has 1 aliphatic carbocycles. The molecule has 1 rings (SSSR count). The lowest BCUT2D eigenvalue weighted by molar-refractivity contribution is 0.371. The van der Waals surface area contributed by atoms with Gasteiger partial charge in [-0.1, -0.05) is 19.3 Å². The van der Waals surface area contributed by atoms with E-state index in [0.717, 1.165) is 38.6 Å². The summed E-state index contributed by atoms with van der Waals surface area (Å²) in [5.74, 6) is 0. The Labute approximate surface area is 123 Å². The zero-order valence-corrected chi connectivity index (χ0v) is 12.8. The number of nitrogens with one attached hydrogen (secondary N) is 3. The molecule has 5 nitrogen and oxygen atoms in total. The summed E-state index contributed by atoms with van der Waals surface area (Å²) in [5, 5.41) is 10.3. The molecule has 1 fully saturated rings. The van der Waals surface area contributed by atoms with Crippen LogP contribution >= 0.6 is 0 Å². The summed E-state index contributed by atoms with van der Waals surface area (Å²) in [5.41, 5.74) is 11.7. The van der Waals surface area contributed by atoms with Crippen molar-refractivity contribution >= 4 is 0 Å². The van der Waals surface area contributed by atoms with Crippen molar-refractivity contribution in [2.24, 2.45) is 11.5 Å². The van der Waals surface area contributed by atoms with E-state index in [1.807, 2.05) is 0 Å². The Morgan fingerprint density at radius 1 is 1.00 bits per heavy atom. The van der Waals surface area contributed by atoms with Crippen LogP contribution in [0.4, 0.5) is 0 Å². The molecule has 0 unspecified atom stereocenters. The van der Waals surface area contributed by atoms with E-state index in [2.05, 4.69) is 16.0 Å². The van der Waals surface area contributed by atoms with Gasteiger partial charge in [0.25, 0.3) is 0 Å². The third kappa shape index (κ3) is 9.18. The quantitative estimate of drug-likeness (QED) is 0.359. The fourth-order valence-electron chi connectivity index (χ4n) is 2.53. The topological polar surface area (TPSA) is 88.1 Å². The molecule has 0 aromatic heterocycles. The Kier molecular flexibility index (Phi) is 10.4. The lowest BCUT2D eigenvalue weighted by atomic mass is 9.95. The largest absolute Gasteiger partial charge is 0.400 e. The highest BCUT2D eigenvalue weighted by Crippen LogP contribution is 2.16. The van der Waals surface area contributed by atoms with Crippen LogP contribution in [-0.2, 0) is 0 Å². The number of rotatable bonds is 11. The van der Waals surface area contributed by atoms with E-state index >= 15 is 0 Å². The second kappa shape index (κ2) is 12.0. The summed E-state index contributed by atoms with van der Waals surface area (Å²) in [4.78, 5) is 0. The van der Waals surface area contributed by atoms with Crippen molar-refractivity contribution in [2.75, 3.05) is 32.7 Å². The molecule has 0 amide bonds. The van der Waals surface area contributed by atoms with E-state index in [9.17, 15) is 0 Å². The third-order valence-corrected chi connectivity index (χ3v) is 3.77. The second-order valence-corrected chi connectivity index (χ2v) is 5.62. The van der Waals surface area contributed by atoms with Gasteiger partial charge in [0.05, 0.1) is 0 Å². The maximum Gasteiger partial charge on any atom is 0.0378 e. The Morgan fingerprint density at radius 2 is 1.70 bits per heavy atom. The van der Waals surface area contributed by atoms with Crippen LogP contribution in [0, 0.1) is 0 Å². The smallest absolute Gasteiger partial charge is 0.0378 e. The van der Waals surface area contributed by atoms with Crippen LogP contribution in [-0.4, -0.2) is 38.8 Å². The van der Waals surface area contributed by atoms with Crippen LogP contribution in [0.2, 0.25) is 0 Å². The van der Waals surface area contributed by atoms with E-state index in [1.54, 1.807) is 6.20 Å². The normalized spacial score (nSPS) is 17.4. The first-order valence-electron chi connectivity index (χ1n) is 8.15. The van der Waals surface area contributed by atoms with Crippen LogP contribution in [0.1, 0.15) is 44.9 Å². The van der Waals surface area contributed by atoms with Crippen molar-refractivity contribution in [3.8, 4) is 0 Å². The molecule has 0 atom stereocenters. The number of hydrogen-bond donors (Lipinski definition) is 5. The van der Waals surface area contributed by atoms with Crippen molar-refractivity contribution in [2.45, 2.75) is 51.0 Å². The molecule has 0 bridgehead atoms. The van der Waals surface area contributed by atoms with Gasteiger partial charge in [0.2, 0.25) is 0 Å². The lowest BCUT2D eigenvalue weighted by Gasteiger charge is -2.22. The van der Waals surface area contributed by atoms with Crippen LogP contribution in [0.15, 0.2) is 11.9 Å². The minimum atomic E-state index is 0.416. The van der Waals surface area contributed by atoms with Gasteiger partial charge in [-0.2, -0.15) is 0 Å². The zero-order chi connectivity index (χ0) is 14.5. The van der Waals surface area contributed by atoms with E-state index in [-0.39, 0.29) is 0 Å². The summed E-state index contributed by atoms with van der Waals surface area (Å²) < 4.78 is 0. The Hall–Kier alpha value is -0.780. The predicted octanol–water partition coefficient (Wildman–Crippen LogP) is 0.627. The van der Waals surface area contributed by atoms with Gasteiger partial charge in [0.1, 0.15) is 0 Å². The standard InChI is InChI=1S/C15H33N5/c16-12-14(17)13-19-10-4-8-18-9-5-11-20-15-6-2-1-3-7-15/h13,15,18-20H,1-12,16-17H2/b14-13-. The summed E-state index contributed by atoms with van der Waals surface area (Å²) in [6, 6.07) is 0.785. The summed E-state index contributed by atoms with van der Waals surface area (Å²) in [6.45, 7) is 4.65. The first kappa shape index (κ1) is 17.3. The van der Waals surface area contributed by atoms with E-state index in [0.29, 0.717) is 12.2 Å². The Bertz CT molecular complexity index is 249. The highest BCUT2D eigenvalue weighted by Gasteiger charge is 2.11. The van der Waals surface area contributed by atoms with Crippen LogP contribution < -0.4 is 27.4 Å². The first-order valence-corrected chi connectivity index (χ1v) is 8.15. The Balaban J connectivity index is 1.78. The third-order valence-electron chi connectivity index (χ3n) is 3.77. The molecule has 0 heterocycles. The molecule has 0 aliphatic heterocycles. The maximum absolute atomic E-state index is 5.58. The van der Waals surface area contributed by atoms with Gasteiger partial charge in [-0.05, 0) is 45.3 Å². The Morgan fingerprint density at radius 3 is 2.40 bits per heavy atom. The van der Waals surface area contributed by atoms with Gasteiger partial charge in [-0.25, -0.2) is 0 Å². The number of nitrogens with two attached hydrogens (primary N) is 2. The molecular weight excluding hydrogens is 250 g/mol. The average Bonchev–Trinajstić information content (AvgIpc) is 2.50.